The van der Waals surface area contributed by atoms with Gasteiger partial charge in [0.15, 0.2) is 0 Å². The molecule has 1 saturated carbocycles. The number of allylic oxidation sites excluding steroid dienone is 4. The molecule has 4 aromatic rings. The van der Waals surface area contributed by atoms with Gasteiger partial charge in [0.2, 0.25) is 0 Å². The zero-order valence-electron chi connectivity index (χ0n) is 27.5. The molecule has 4 aromatic carbocycles. The first-order chi connectivity index (χ1) is 21.2. The van der Waals surface area contributed by atoms with Crippen molar-refractivity contribution in [3.05, 3.63) is 144 Å². The molecule has 1 fully saturated rings. The molecular formula is C43H46Zr. The molecule has 1 heteroatoms. The van der Waals surface area contributed by atoms with E-state index in [2.05, 4.69) is 133 Å². The van der Waals surface area contributed by atoms with Gasteiger partial charge < -0.3 is 0 Å². The van der Waals surface area contributed by atoms with Gasteiger partial charge in [0.05, 0.1) is 0 Å². The van der Waals surface area contributed by atoms with Crippen molar-refractivity contribution in [1.29, 1.82) is 0 Å². The van der Waals surface area contributed by atoms with E-state index in [4.69, 9.17) is 0 Å². The van der Waals surface area contributed by atoms with E-state index in [0.29, 0.717) is 11.3 Å². The molecule has 3 aliphatic carbocycles. The maximum absolute atomic E-state index is 2.81. The van der Waals surface area contributed by atoms with Crippen LogP contribution in [0.2, 0.25) is 0 Å². The fourth-order valence-corrected chi connectivity index (χ4v) is 17.3. The Morgan fingerprint density at radius 3 is 1.95 bits per heavy atom. The zero-order chi connectivity index (χ0) is 30.6. The molecule has 0 N–H and O–H groups in total. The van der Waals surface area contributed by atoms with Crippen molar-refractivity contribution >= 4 is 6.48 Å². The van der Waals surface area contributed by atoms with Crippen molar-refractivity contribution in [3.8, 4) is 11.1 Å². The predicted molar refractivity (Wildman–Crippen MR) is 186 cm³/mol. The summed E-state index contributed by atoms with van der Waals surface area (Å²) in [5.41, 5.74) is 16.7. The third-order valence-corrected chi connectivity index (χ3v) is 19.6. The van der Waals surface area contributed by atoms with Crippen LogP contribution in [-0.2, 0) is 27.7 Å². The van der Waals surface area contributed by atoms with Crippen LogP contribution in [0.25, 0.3) is 11.1 Å². The first kappa shape index (κ1) is 29.8. The predicted octanol–water partition coefficient (Wildman–Crippen LogP) is 10.4. The molecule has 0 spiro atoms. The number of fused-ring (bicyclic) bond motifs is 3. The van der Waals surface area contributed by atoms with Crippen LogP contribution in [0.1, 0.15) is 90.5 Å². The van der Waals surface area contributed by atoms with Gasteiger partial charge in [0.1, 0.15) is 0 Å². The van der Waals surface area contributed by atoms with E-state index in [1.165, 1.54) is 82.2 Å². The molecule has 44 heavy (non-hydrogen) atoms. The Morgan fingerprint density at radius 1 is 0.727 bits per heavy atom. The van der Waals surface area contributed by atoms with Crippen LogP contribution < -0.4 is 3.27 Å². The molecule has 0 amide bonds. The van der Waals surface area contributed by atoms with Crippen molar-refractivity contribution in [1.82, 2.24) is 0 Å². The van der Waals surface area contributed by atoms with Gasteiger partial charge in [-0.15, -0.1) is 0 Å². The van der Waals surface area contributed by atoms with Gasteiger partial charge in [0, 0.05) is 0 Å². The minimum absolute atomic E-state index is 0.317. The van der Waals surface area contributed by atoms with Gasteiger partial charge in [0.25, 0.3) is 0 Å². The summed E-state index contributed by atoms with van der Waals surface area (Å²) in [4.78, 5) is 0. The van der Waals surface area contributed by atoms with Crippen molar-refractivity contribution in [2.75, 3.05) is 0 Å². The molecule has 0 radical (unpaired) electrons. The summed E-state index contributed by atoms with van der Waals surface area (Å²) in [6, 6.07) is 30.3. The second kappa shape index (κ2) is 11.8. The topological polar surface area (TPSA) is 0 Å². The van der Waals surface area contributed by atoms with E-state index in [1.807, 2.05) is 0 Å². The summed E-state index contributed by atoms with van der Waals surface area (Å²) in [6.45, 7) is 14.4. The molecule has 0 saturated heterocycles. The number of hydrogen-bond acceptors (Lipinski definition) is 0. The molecule has 7 rings (SSSR count). The molecule has 0 nitrogen and oxygen atoms in total. The Balaban J connectivity index is 1.56. The molecule has 0 bridgehead atoms. The molecule has 222 valence electrons. The Bertz CT molecular complexity index is 1800. The zero-order valence-corrected chi connectivity index (χ0v) is 29.9. The Kier molecular flexibility index (Phi) is 7.99. The quantitative estimate of drug-likeness (QED) is 0.177. The maximum atomic E-state index is 2.75. The summed E-state index contributed by atoms with van der Waals surface area (Å²) in [6.07, 6.45) is 13.3. The number of rotatable bonds is 5. The fraction of sp³-hybridized carbons (Fsp3) is 0.326. The third-order valence-electron chi connectivity index (χ3n) is 11.1. The van der Waals surface area contributed by atoms with Crippen molar-refractivity contribution < 1.29 is 21.3 Å². The molecule has 3 aliphatic rings. The molecule has 0 aromatic heterocycles. The number of aryl methyl sites for hydroxylation is 3. The summed E-state index contributed by atoms with van der Waals surface area (Å²) < 4.78 is 5.13. The van der Waals surface area contributed by atoms with Crippen LogP contribution in [0.5, 0.6) is 0 Å². The Labute approximate surface area is 273 Å². The SMILES string of the molecule is Cc1cc2c(cc1C)-c1cc(C)c(C)[c]([Zr]([C]3=CC(C4(C)CCCCC4)=CC3C)=[C](c3ccccc3)c3ccccc3)c1C2. The average molecular weight is 654 g/mol. The number of benzene rings is 4. The summed E-state index contributed by atoms with van der Waals surface area (Å²) in [5, 5.41) is 0. The molecule has 0 aliphatic heterocycles. The standard InChI is InChI=1S/C17H17.C13H19.C13H10.Zr/c1-10-5-14-9-15-6-11(2)13(4)8-17(15)16(14)7-12(10)3;1-11-6-7-12(10-11)13(2)8-4-3-5-9-13;1-3-7-12(8-4-1)11-13-9-5-2-6-10-13;/h5,7-8H,9H2,1-4H3;7,10-11H,3-5,8-9H2,1-2H3;1-10H;. The summed E-state index contributed by atoms with van der Waals surface area (Å²) in [5.74, 6) is 0.476. The Morgan fingerprint density at radius 2 is 1.32 bits per heavy atom. The van der Waals surface area contributed by atoms with Gasteiger partial charge in [-0.3, -0.25) is 0 Å². The van der Waals surface area contributed by atoms with Gasteiger partial charge in [-0.25, -0.2) is 0 Å². The molecule has 0 heterocycles. The van der Waals surface area contributed by atoms with E-state index in [1.54, 1.807) is 20.9 Å². The van der Waals surface area contributed by atoms with Crippen molar-refractivity contribution in [2.24, 2.45) is 11.3 Å². The van der Waals surface area contributed by atoms with E-state index in [9.17, 15) is 0 Å². The first-order valence-corrected chi connectivity index (χ1v) is 20.5. The van der Waals surface area contributed by atoms with Crippen LogP contribution in [-0.4, -0.2) is 3.21 Å². The van der Waals surface area contributed by atoms with E-state index in [0.717, 1.165) is 6.42 Å². The number of hydrogen-bond donors (Lipinski definition) is 0. The monoisotopic (exact) mass is 652 g/mol. The molecule has 1 atom stereocenters. The van der Waals surface area contributed by atoms with E-state index >= 15 is 0 Å². The van der Waals surface area contributed by atoms with Crippen LogP contribution in [0.3, 0.4) is 0 Å². The molecular weight excluding hydrogens is 608 g/mol. The van der Waals surface area contributed by atoms with Gasteiger partial charge in [-0.2, -0.15) is 0 Å². The van der Waals surface area contributed by atoms with Crippen LogP contribution >= 0.6 is 0 Å². The van der Waals surface area contributed by atoms with Crippen LogP contribution in [0, 0.1) is 39.0 Å². The minimum atomic E-state index is -2.81. The third kappa shape index (κ3) is 5.14. The Hall–Kier alpha value is -2.89. The van der Waals surface area contributed by atoms with Gasteiger partial charge in [-0.1, -0.05) is 0 Å². The van der Waals surface area contributed by atoms with Crippen LogP contribution in [0.4, 0.5) is 0 Å². The van der Waals surface area contributed by atoms with Gasteiger partial charge in [-0.05, 0) is 0 Å². The van der Waals surface area contributed by atoms with Crippen molar-refractivity contribution in [3.63, 3.8) is 0 Å². The first-order valence-electron chi connectivity index (χ1n) is 16.8. The van der Waals surface area contributed by atoms with E-state index < -0.39 is 21.3 Å². The summed E-state index contributed by atoms with van der Waals surface area (Å²) >= 11 is -2.81. The fourth-order valence-electron chi connectivity index (χ4n) is 8.28. The molecule has 1 unspecified atom stereocenters. The van der Waals surface area contributed by atoms with Gasteiger partial charge >= 0.3 is 275 Å². The van der Waals surface area contributed by atoms with E-state index in [-0.39, 0.29) is 0 Å². The average Bonchev–Trinajstić information content (AvgIpc) is 3.58. The normalized spacial score (nSPS) is 18.4. The second-order valence-corrected chi connectivity index (χ2v) is 19.8. The van der Waals surface area contributed by atoms with Crippen molar-refractivity contribution in [2.45, 2.75) is 80.1 Å². The summed E-state index contributed by atoms with van der Waals surface area (Å²) in [7, 11) is 0. The second-order valence-electron chi connectivity index (χ2n) is 14.1. The van der Waals surface area contributed by atoms with Crippen LogP contribution in [0.15, 0.2) is 99.9 Å².